The highest BCUT2D eigenvalue weighted by Gasteiger charge is 2.40. The third-order valence-electron chi connectivity index (χ3n) is 2.81. The van der Waals surface area contributed by atoms with E-state index < -0.39 is 11.5 Å². The first-order valence-corrected chi connectivity index (χ1v) is 5.40. The molecule has 0 aliphatic heterocycles. The molecule has 0 heterocycles. The Kier molecular flexibility index (Phi) is 3.94. The molecule has 3 N–H and O–H groups in total. The standard InChI is InChI=1S/C10H18N2O3/c1-2-11-9(15)12-10(8(13)14)6-4-3-5-7-10/h2-7H2,1H3,(H,13,14)(H2,11,12,15). The molecule has 86 valence electrons. The van der Waals surface area contributed by atoms with Crippen LogP contribution in [0.15, 0.2) is 0 Å². The van der Waals surface area contributed by atoms with Gasteiger partial charge in [0, 0.05) is 6.54 Å². The quantitative estimate of drug-likeness (QED) is 0.658. The molecule has 0 radical (unpaired) electrons. The van der Waals surface area contributed by atoms with Crippen molar-refractivity contribution in [1.29, 1.82) is 0 Å². The number of hydrogen-bond donors (Lipinski definition) is 3. The van der Waals surface area contributed by atoms with Crippen molar-refractivity contribution in [3.05, 3.63) is 0 Å². The molecule has 0 saturated heterocycles. The molecule has 5 nitrogen and oxygen atoms in total. The van der Waals surface area contributed by atoms with Crippen LogP contribution >= 0.6 is 0 Å². The second-order valence-electron chi connectivity index (χ2n) is 3.93. The number of carboxylic acid groups (broad SMARTS) is 1. The van der Waals surface area contributed by atoms with Crippen molar-refractivity contribution in [2.24, 2.45) is 0 Å². The minimum absolute atomic E-state index is 0.387. The number of urea groups is 1. The van der Waals surface area contributed by atoms with E-state index in [2.05, 4.69) is 10.6 Å². The minimum Gasteiger partial charge on any atom is -0.480 e. The van der Waals surface area contributed by atoms with Gasteiger partial charge in [-0.05, 0) is 19.8 Å². The van der Waals surface area contributed by atoms with Gasteiger partial charge in [0.2, 0.25) is 0 Å². The topological polar surface area (TPSA) is 78.4 Å². The second kappa shape index (κ2) is 5.00. The van der Waals surface area contributed by atoms with E-state index in [0.717, 1.165) is 19.3 Å². The fourth-order valence-corrected chi connectivity index (χ4v) is 1.97. The summed E-state index contributed by atoms with van der Waals surface area (Å²) >= 11 is 0. The molecule has 1 rings (SSSR count). The summed E-state index contributed by atoms with van der Waals surface area (Å²) in [5.74, 6) is -0.923. The summed E-state index contributed by atoms with van der Waals surface area (Å²) in [4.78, 5) is 22.5. The van der Waals surface area contributed by atoms with Gasteiger partial charge in [-0.15, -0.1) is 0 Å². The van der Waals surface area contributed by atoms with E-state index in [0.29, 0.717) is 19.4 Å². The van der Waals surface area contributed by atoms with Crippen molar-refractivity contribution in [3.63, 3.8) is 0 Å². The van der Waals surface area contributed by atoms with E-state index >= 15 is 0 Å². The summed E-state index contributed by atoms with van der Waals surface area (Å²) in [6, 6.07) is -0.387. The van der Waals surface area contributed by atoms with E-state index in [4.69, 9.17) is 5.11 Å². The number of aliphatic carboxylic acids is 1. The Labute approximate surface area is 89.2 Å². The molecule has 0 aromatic rings. The summed E-state index contributed by atoms with van der Waals surface area (Å²) in [7, 11) is 0. The predicted octanol–water partition coefficient (Wildman–Crippen LogP) is 1.09. The lowest BCUT2D eigenvalue weighted by Crippen LogP contribution is -2.58. The maximum atomic E-state index is 11.3. The number of rotatable bonds is 3. The molecule has 0 spiro atoms. The highest BCUT2D eigenvalue weighted by atomic mass is 16.4. The van der Waals surface area contributed by atoms with Crippen LogP contribution in [0.3, 0.4) is 0 Å². The van der Waals surface area contributed by atoms with Gasteiger partial charge in [-0.3, -0.25) is 0 Å². The first-order valence-electron chi connectivity index (χ1n) is 5.40. The molecular weight excluding hydrogens is 196 g/mol. The number of carbonyl (C=O) groups is 2. The fraction of sp³-hybridized carbons (Fsp3) is 0.800. The Morgan fingerprint density at radius 1 is 1.27 bits per heavy atom. The zero-order valence-corrected chi connectivity index (χ0v) is 9.01. The second-order valence-corrected chi connectivity index (χ2v) is 3.93. The summed E-state index contributed by atoms with van der Waals surface area (Å²) in [6.07, 6.45) is 3.82. The lowest BCUT2D eigenvalue weighted by Gasteiger charge is -2.33. The molecular formula is C10H18N2O3. The van der Waals surface area contributed by atoms with E-state index in [9.17, 15) is 9.59 Å². The van der Waals surface area contributed by atoms with E-state index in [1.165, 1.54) is 0 Å². The van der Waals surface area contributed by atoms with Crippen molar-refractivity contribution < 1.29 is 14.7 Å². The molecule has 1 fully saturated rings. The largest absolute Gasteiger partial charge is 0.480 e. The first kappa shape index (κ1) is 11.8. The van der Waals surface area contributed by atoms with Gasteiger partial charge in [0.15, 0.2) is 0 Å². The monoisotopic (exact) mass is 214 g/mol. The van der Waals surface area contributed by atoms with Crippen molar-refractivity contribution in [2.75, 3.05) is 6.54 Å². The zero-order valence-electron chi connectivity index (χ0n) is 9.01. The van der Waals surface area contributed by atoms with Gasteiger partial charge in [-0.1, -0.05) is 19.3 Å². The number of carbonyl (C=O) groups excluding carboxylic acids is 1. The Morgan fingerprint density at radius 2 is 1.87 bits per heavy atom. The highest BCUT2D eigenvalue weighted by Crippen LogP contribution is 2.28. The molecule has 0 atom stereocenters. The lowest BCUT2D eigenvalue weighted by atomic mass is 9.82. The molecule has 0 bridgehead atoms. The van der Waals surface area contributed by atoms with Crippen LogP contribution in [0.4, 0.5) is 4.79 Å². The molecule has 0 unspecified atom stereocenters. The van der Waals surface area contributed by atoms with Gasteiger partial charge in [0.1, 0.15) is 5.54 Å². The van der Waals surface area contributed by atoms with Crippen molar-refractivity contribution in [3.8, 4) is 0 Å². The predicted molar refractivity (Wildman–Crippen MR) is 55.7 cm³/mol. The van der Waals surface area contributed by atoms with Gasteiger partial charge in [0.05, 0.1) is 0 Å². The van der Waals surface area contributed by atoms with Gasteiger partial charge in [-0.25, -0.2) is 9.59 Å². The molecule has 0 aromatic heterocycles. The number of amides is 2. The van der Waals surface area contributed by atoms with E-state index in [-0.39, 0.29) is 6.03 Å². The Bertz CT molecular complexity index is 247. The van der Waals surface area contributed by atoms with Gasteiger partial charge < -0.3 is 15.7 Å². The van der Waals surface area contributed by atoms with E-state index in [1.807, 2.05) is 0 Å². The summed E-state index contributed by atoms with van der Waals surface area (Å²) < 4.78 is 0. The van der Waals surface area contributed by atoms with Crippen molar-refractivity contribution in [1.82, 2.24) is 10.6 Å². The van der Waals surface area contributed by atoms with Crippen LogP contribution < -0.4 is 10.6 Å². The normalized spacial score (nSPS) is 19.3. The van der Waals surface area contributed by atoms with Crippen LogP contribution in [0.5, 0.6) is 0 Å². The van der Waals surface area contributed by atoms with Crippen LogP contribution in [-0.2, 0) is 4.79 Å². The summed E-state index contributed by atoms with van der Waals surface area (Å²) in [6.45, 7) is 2.30. The molecule has 5 heteroatoms. The maximum Gasteiger partial charge on any atom is 0.329 e. The average Bonchev–Trinajstić information content (AvgIpc) is 2.19. The van der Waals surface area contributed by atoms with Gasteiger partial charge in [-0.2, -0.15) is 0 Å². The number of carboxylic acids is 1. The SMILES string of the molecule is CCNC(=O)NC1(C(=O)O)CCCCC1. The fourth-order valence-electron chi connectivity index (χ4n) is 1.97. The highest BCUT2D eigenvalue weighted by molar-refractivity contribution is 5.86. The Balaban J connectivity index is 2.64. The van der Waals surface area contributed by atoms with E-state index in [1.54, 1.807) is 6.92 Å². The smallest absolute Gasteiger partial charge is 0.329 e. The van der Waals surface area contributed by atoms with Crippen LogP contribution in [0, 0.1) is 0 Å². The third-order valence-corrected chi connectivity index (χ3v) is 2.81. The molecule has 1 saturated carbocycles. The summed E-state index contributed by atoms with van der Waals surface area (Å²) in [5.41, 5.74) is -1.04. The zero-order chi connectivity index (χ0) is 11.3. The van der Waals surface area contributed by atoms with Crippen LogP contribution in [0.2, 0.25) is 0 Å². The third kappa shape index (κ3) is 2.84. The minimum atomic E-state index is -1.04. The van der Waals surface area contributed by atoms with Gasteiger partial charge >= 0.3 is 12.0 Å². The van der Waals surface area contributed by atoms with Crippen LogP contribution in [0.1, 0.15) is 39.0 Å². The number of hydrogen-bond acceptors (Lipinski definition) is 2. The molecule has 15 heavy (non-hydrogen) atoms. The molecule has 1 aliphatic rings. The average molecular weight is 214 g/mol. The Hall–Kier alpha value is -1.26. The Morgan fingerprint density at radius 3 is 2.33 bits per heavy atom. The molecule has 2 amide bonds. The van der Waals surface area contributed by atoms with Crippen LogP contribution in [-0.4, -0.2) is 29.2 Å². The maximum absolute atomic E-state index is 11.3. The molecule has 1 aliphatic carbocycles. The van der Waals surface area contributed by atoms with Crippen molar-refractivity contribution >= 4 is 12.0 Å². The molecule has 0 aromatic carbocycles. The van der Waals surface area contributed by atoms with Crippen LogP contribution in [0.25, 0.3) is 0 Å². The van der Waals surface area contributed by atoms with Crippen molar-refractivity contribution in [2.45, 2.75) is 44.6 Å². The first-order chi connectivity index (χ1) is 7.10. The lowest BCUT2D eigenvalue weighted by molar-refractivity contribution is -0.145. The number of nitrogens with one attached hydrogen (secondary N) is 2. The summed E-state index contributed by atoms with van der Waals surface area (Å²) in [5, 5.41) is 14.3. The van der Waals surface area contributed by atoms with Gasteiger partial charge in [0.25, 0.3) is 0 Å².